The van der Waals surface area contributed by atoms with Crippen LogP contribution in [0.15, 0.2) is 65.8 Å². The molecule has 0 spiro atoms. The number of aryl methyl sites for hydroxylation is 1. The highest BCUT2D eigenvalue weighted by Crippen LogP contribution is 2.37. The number of rotatable bonds is 6. The molecule has 4 aromatic rings. The van der Waals surface area contributed by atoms with E-state index in [1.807, 2.05) is 32.0 Å². The maximum atomic E-state index is 11.4. The van der Waals surface area contributed by atoms with Crippen molar-refractivity contribution in [1.82, 2.24) is 10.3 Å². The Morgan fingerprint density at radius 3 is 2.82 bits per heavy atom. The average molecular weight is 474 g/mol. The van der Waals surface area contributed by atoms with Gasteiger partial charge in [-0.2, -0.15) is 0 Å². The molecule has 0 atom stereocenters. The Balaban J connectivity index is 0.00000133. The highest BCUT2D eigenvalue weighted by Gasteiger charge is 2.18. The van der Waals surface area contributed by atoms with E-state index in [9.17, 15) is 4.79 Å². The van der Waals surface area contributed by atoms with Gasteiger partial charge in [0.1, 0.15) is 12.5 Å². The number of hydrogen-bond donors (Lipinski definition) is 4. The fourth-order valence-corrected chi connectivity index (χ4v) is 5.15. The van der Waals surface area contributed by atoms with Crippen molar-refractivity contribution >= 4 is 45.4 Å². The number of amidine groups is 1. The van der Waals surface area contributed by atoms with Crippen LogP contribution < -0.4 is 16.0 Å². The van der Waals surface area contributed by atoms with Crippen LogP contribution in [0.3, 0.4) is 0 Å². The molecule has 0 aliphatic carbocycles. The van der Waals surface area contributed by atoms with Crippen molar-refractivity contribution < 1.29 is 4.79 Å². The van der Waals surface area contributed by atoms with Crippen LogP contribution in [0.2, 0.25) is 0 Å². The predicted octanol–water partition coefficient (Wildman–Crippen LogP) is 6.23. The third-order valence-electron chi connectivity index (χ3n) is 5.51. The summed E-state index contributed by atoms with van der Waals surface area (Å²) in [6.07, 6.45) is 4.16. The molecule has 0 unspecified atom stereocenters. The lowest BCUT2D eigenvalue weighted by atomic mass is 10.1. The van der Waals surface area contributed by atoms with Crippen molar-refractivity contribution in [3.63, 3.8) is 0 Å². The molecule has 0 fully saturated rings. The van der Waals surface area contributed by atoms with Gasteiger partial charge in [0.05, 0.1) is 10.6 Å². The monoisotopic (exact) mass is 473 g/mol. The van der Waals surface area contributed by atoms with Crippen LogP contribution >= 0.6 is 11.3 Å². The lowest BCUT2D eigenvalue weighted by Crippen LogP contribution is -2.29. The topological polar surface area (TPSA) is 81.3 Å². The van der Waals surface area contributed by atoms with Gasteiger partial charge in [-0.15, -0.1) is 11.3 Å². The number of anilines is 2. The minimum Gasteiger partial charge on any atom is -0.369 e. The van der Waals surface area contributed by atoms with Crippen LogP contribution in [0.1, 0.15) is 37.6 Å². The molecule has 2 aromatic heterocycles. The number of nitrogens with zero attached hydrogens (tertiary/aromatic N) is 1. The zero-order valence-corrected chi connectivity index (χ0v) is 20.7. The summed E-state index contributed by atoms with van der Waals surface area (Å²) in [6, 6.07) is 18.5. The first-order valence-electron chi connectivity index (χ1n) is 11.8. The summed E-state index contributed by atoms with van der Waals surface area (Å²) in [7, 11) is 0. The first kappa shape index (κ1) is 23.6. The zero-order chi connectivity index (χ0) is 23.9. The first-order chi connectivity index (χ1) is 16.7. The molecule has 5 rings (SSSR count). The van der Waals surface area contributed by atoms with Crippen molar-refractivity contribution in [2.45, 2.75) is 33.6 Å². The number of hydrogen-bond acceptors (Lipinski definition) is 5. The number of aliphatic imine (C=N–C) groups is 1. The van der Waals surface area contributed by atoms with Crippen LogP contribution in [-0.4, -0.2) is 29.9 Å². The highest BCUT2D eigenvalue weighted by molar-refractivity contribution is 7.18. The van der Waals surface area contributed by atoms with Gasteiger partial charge in [0, 0.05) is 41.1 Å². The number of fused-ring (bicyclic) bond motifs is 2. The largest absolute Gasteiger partial charge is 0.369 e. The number of H-pyrrole nitrogens is 1. The molecule has 1 aliphatic rings. The van der Waals surface area contributed by atoms with Crippen molar-refractivity contribution in [2.75, 3.05) is 23.8 Å². The molecule has 176 valence electrons. The van der Waals surface area contributed by atoms with E-state index in [1.165, 1.54) is 23.4 Å². The molecule has 1 aliphatic heterocycles. The normalized spacial score (nSPS) is 12.1. The number of carbonyl (C=O) groups excluding carboxylic acids is 1. The Bertz CT molecular complexity index is 1300. The molecule has 0 radical (unpaired) electrons. The fourth-order valence-electron chi connectivity index (χ4n) is 4.03. The maximum absolute atomic E-state index is 11.4. The van der Waals surface area contributed by atoms with Crippen molar-refractivity contribution in [3.8, 4) is 10.4 Å². The number of thiophene rings is 1. The first-order valence-corrected chi connectivity index (χ1v) is 12.6. The second-order valence-electron chi connectivity index (χ2n) is 7.85. The number of nitrogens with one attached hydrogen (secondary N) is 4. The van der Waals surface area contributed by atoms with Crippen molar-refractivity contribution in [2.24, 2.45) is 4.99 Å². The lowest BCUT2D eigenvalue weighted by molar-refractivity contribution is -0.114. The van der Waals surface area contributed by atoms with Gasteiger partial charge < -0.3 is 20.9 Å². The Hall–Kier alpha value is -3.58. The molecule has 4 N–H and O–H groups in total. The van der Waals surface area contributed by atoms with Gasteiger partial charge in [-0.05, 0) is 48.2 Å². The lowest BCUT2D eigenvalue weighted by Gasteiger charge is -2.15. The minimum atomic E-state index is -0.0689. The quantitative estimate of drug-likeness (QED) is 0.251. The second-order valence-corrected chi connectivity index (χ2v) is 8.90. The molecule has 6 nitrogen and oxygen atoms in total. The molecule has 3 heterocycles. The number of carbonyl (C=O) groups is 1. The SMILES string of the molecule is CC.CC(=O)Nc1cccc(-c2cc3c(s2)C(NCCCc2c[nH]c4ccccc24)=NCN3)c1. The predicted molar refractivity (Wildman–Crippen MR) is 145 cm³/mol. The summed E-state index contributed by atoms with van der Waals surface area (Å²) in [5, 5.41) is 11.1. The van der Waals surface area contributed by atoms with E-state index >= 15 is 0 Å². The van der Waals surface area contributed by atoms with Gasteiger partial charge >= 0.3 is 0 Å². The van der Waals surface area contributed by atoms with Crippen LogP contribution in [0.5, 0.6) is 0 Å². The van der Waals surface area contributed by atoms with Gasteiger partial charge in [-0.3, -0.25) is 4.79 Å². The van der Waals surface area contributed by atoms with E-state index in [4.69, 9.17) is 0 Å². The molecule has 2 aromatic carbocycles. The summed E-state index contributed by atoms with van der Waals surface area (Å²) < 4.78 is 0. The van der Waals surface area contributed by atoms with Gasteiger partial charge in [-0.25, -0.2) is 4.99 Å². The van der Waals surface area contributed by atoms with Crippen LogP contribution in [0.25, 0.3) is 21.3 Å². The number of benzene rings is 2. The highest BCUT2D eigenvalue weighted by atomic mass is 32.1. The van der Waals surface area contributed by atoms with Crippen LogP contribution in [-0.2, 0) is 11.2 Å². The second kappa shape index (κ2) is 11.0. The Kier molecular flexibility index (Phi) is 7.65. The number of amides is 1. The van der Waals surface area contributed by atoms with Gasteiger partial charge in [0.25, 0.3) is 0 Å². The standard InChI is InChI=1S/C25H25N5OS.C2H6/c1-16(31)30-19-8-4-6-17(12-19)23-13-22-24(32-23)25(29-15-28-22)26-11-5-7-18-14-27-21-10-3-2-9-20(18)21;1-2/h2-4,6,8-10,12-14,27-28H,5,7,11,15H2,1H3,(H,26,29)(H,30,31);1-2H3. The van der Waals surface area contributed by atoms with Crippen LogP contribution in [0.4, 0.5) is 11.4 Å². The summed E-state index contributed by atoms with van der Waals surface area (Å²) in [4.78, 5) is 21.7. The maximum Gasteiger partial charge on any atom is 0.221 e. The fraction of sp³-hybridized carbons (Fsp3) is 0.259. The number of aromatic nitrogens is 1. The molecular formula is C27H31N5OS. The van der Waals surface area contributed by atoms with E-state index in [0.717, 1.165) is 51.9 Å². The van der Waals surface area contributed by atoms with E-state index in [-0.39, 0.29) is 5.91 Å². The van der Waals surface area contributed by atoms with E-state index < -0.39 is 0 Å². The summed E-state index contributed by atoms with van der Waals surface area (Å²) in [6.45, 7) is 6.95. The smallest absolute Gasteiger partial charge is 0.221 e. The van der Waals surface area contributed by atoms with E-state index in [0.29, 0.717) is 6.67 Å². The number of aromatic amines is 1. The third kappa shape index (κ3) is 5.31. The summed E-state index contributed by atoms with van der Waals surface area (Å²) >= 11 is 1.71. The Labute approximate surface area is 204 Å². The molecule has 0 saturated heterocycles. The van der Waals surface area contributed by atoms with E-state index in [2.05, 4.69) is 68.5 Å². The minimum absolute atomic E-state index is 0.0689. The Morgan fingerprint density at radius 1 is 1.12 bits per heavy atom. The van der Waals surface area contributed by atoms with Crippen molar-refractivity contribution in [3.05, 3.63) is 71.2 Å². The third-order valence-corrected chi connectivity index (χ3v) is 6.70. The van der Waals surface area contributed by atoms with Gasteiger partial charge in [-0.1, -0.05) is 44.2 Å². The summed E-state index contributed by atoms with van der Waals surface area (Å²) in [5.41, 5.74) is 5.53. The van der Waals surface area contributed by atoms with Crippen LogP contribution in [0, 0.1) is 0 Å². The molecule has 0 bridgehead atoms. The molecule has 0 saturated carbocycles. The molecule has 34 heavy (non-hydrogen) atoms. The van der Waals surface area contributed by atoms with Gasteiger partial charge in [0.2, 0.25) is 5.91 Å². The molecule has 1 amide bonds. The molecule has 7 heteroatoms. The Morgan fingerprint density at radius 2 is 1.97 bits per heavy atom. The van der Waals surface area contributed by atoms with E-state index in [1.54, 1.807) is 11.3 Å². The zero-order valence-electron chi connectivity index (χ0n) is 19.9. The number of para-hydroxylation sites is 1. The van der Waals surface area contributed by atoms with Gasteiger partial charge in [0.15, 0.2) is 0 Å². The molecular weight excluding hydrogens is 442 g/mol. The average Bonchev–Trinajstić information content (AvgIpc) is 3.48. The van der Waals surface area contributed by atoms with Crippen molar-refractivity contribution in [1.29, 1.82) is 0 Å². The summed E-state index contributed by atoms with van der Waals surface area (Å²) in [5.74, 6) is 0.882.